The summed E-state index contributed by atoms with van der Waals surface area (Å²) in [7, 11) is -3.31. The van der Waals surface area contributed by atoms with Gasteiger partial charge in [-0.3, -0.25) is 4.79 Å². The van der Waals surface area contributed by atoms with Crippen molar-refractivity contribution in [2.75, 3.05) is 12.3 Å². The number of hydrogen-bond acceptors (Lipinski definition) is 4. The van der Waals surface area contributed by atoms with Gasteiger partial charge in [-0.15, -0.1) is 0 Å². The highest BCUT2D eigenvalue weighted by molar-refractivity contribution is 7.89. The highest BCUT2D eigenvalue weighted by atomic mass is 32.2. The van der Waals surface area contributed by atoms with Crippen LogP contribution in [0.5, 0.6) is 0 Å². The Hall–Kier alpha value is -1.44. The van der Waals surface area contributed by atoms with Crippen molar-refractivity contribution in [2.45, 2.75) is 70.0 Å². The molecule has 0 spiro atoms. The molecule has 0 aliphatic carbocycles. The molecule has 2 N–H and O–H groups in total. The molecule has 4 unspecified atom stereocenters. The van der Waals surface area contributed by atoms with E-state index in [4.69, 9.17) is 9.84 Å². The van der Waals surface area contributed by atoms with E-state index in [1.54, 1.807) is 0 Å². The molecule has 3 rings (SSSR count). The van der Waals surface area contributed by atoms with E-state index in [2.05, 4.69) is 4.72 Å². The van der Waals surface area contributed by atoms with Gasteiger partial charge in [0.15, 0.2) is 0 Å². The van der Waals surface area contributed by atoms with Gasteiger partial charge in [-0.05, 0) is 43.6 Å². The minimum Gasteiger partial charge on any atom is -0.481 e. The molecule has 2 fully saturated rings. The average molecular weight is 424 g/mol. The Labute approximate surface area is 174 Å². The van der Waals surface area contributed by atoms with Crippen molar-refractivity contribution < 1.29 is 23.1 Å². The molecule has 2 aliphatic rings. The molecule has 2 bridgehead atoms. The van der Waals surface area contributed by atoms with Crippen LogP contribution in [-0.2, 0) is 26.0 Å². The fourth-order valence-corrected chi connectivity index (χ4v) is 5.85. The summed E-state index contributed by atoms with van der Waals surface area (Å²) in [5.41, 5.74) is 1.03. The van der Waals surface area contributed by atoms with Gasteiger partial charge in [0, 0.05) is 18.9 Å². The van der Waals surface area contributed by atoms with Gasteiger partial charge in [-0.25, -0.2) is 13.1 Å². The van der Waals surface area contributed by atoms with Crippen LogP contribution >= 0.6 is 0 Å². The van der Waals surface area contributed by atoms with Gasteiger partial charge >= 0.3 is 5.97 Å². The van der Waals surface area contributed by atoms with Crippen molar-refractivity contribution >= 4 is 16.0 Å². The number of nitrogens with one attached hydrogen (secondary N) is 1. The van der Waals surface area contributed by atoms with Crippen molar-refractivity contribution in [1.29, 1.82) is 0 Å². The third-order valence-corrected chi connectivity index (χ3v) is 7.66. The molecule has 162 valence electrons. The number of fused-ring (bicyclic) bond motifs is 2. The van der Waals surface area contributed by atoms with Gasteiger partial charge in [0.25, 0.3) is 0 Å². The predicted molar refractivity (Wildman–Crippen MR) is 112 cm³/mol. The molecule has 4 atom stereocenters. The largest absolute Gasteiger partial charge is 0.481 e. The van der Waals surface area contributed by atoms with Gasteiger partial charge in [-0.2, -0.15) is 0 Å². The van der Waals surface area contributed by atoms with Crippen molar-refractivity contribution in [3.05, 3.63) is 35.9 Å². The second-order valence-electron chi connectivity index (χ2n) is 8.37. The summed E-state index contributed by atoms with van der Waals surface area (Å²) in [5.74, 6) is 0.0304. The SMILES string of the molecule is O=C(O)CCCCCCC1C2CCC(O2)C1CNS(=O)(=O)CCc1ccccc1. The molecular formula is C22H33NO5S. The third-order valence-electron chi connectivity index (χ3n) is 6.31. The number of carboxylic acids is 1. The summed E-state index contributed by atoms with van der Waals surface area (Å²) in [5, 5.41) is 8.70. The first-order valence-corrected chi connectivity index (χ1v) is 12.5. The number of ether oxygens (including phenoxy) is 1. The Balaban J connectivity index is 1.42. The molecule has 7 heteroatoms. The summed E-state index contributed by atoms with van der Waals surface area (Å²) in [6, 6.07) is 9.68. The van der Waals surface area contributed by atoms with E-state index in [0.717, 1.165) is 50.5 Å². The Morgan fingerprint density at radius 1 is 1.03 bits per heavy atom. The van der Waals surface area contributed by atoms with Crippen LogP contribution in [0.1, 0.15) is 56.9 Å². The number of aryl methyl sites for hydroxylation is 1. The summed E-state index contributed by atoms with van der Waals surface area (Å²) < 4.78 is 33.8. The Morgan fingerprint density at radius 2 is 1.72 bits per heavy atom. The summed E-state index contributed by atoms with van der Waals surface area (Å²) in [6.07, 6.45) is 8.06. The van der Waals surface area contributed by atoms with E-state index in [0.29, 0.717) is 18.9 Å². The number of carbonyl (C=O) groups is 1. The quantitative estimate of drug-likeness (QED) is 0.475. The van der Waals surface area contributed by atoms with Gasteiger partial charge in [-0.1, -0.05) is 49.6 Å². The first-order chi connectivity index (χ1) is 13.9. The number of unbranched alkanes of at least 4 members (excludes halogenated alkanes) is 3. The summed E-state index contributed by atoms with van der Waals surface area (Å²) in [4.78, 5) is 10.6. The third kappa shape index (κ3) is 6.79. The maximum atomic E-state index is 12.5. The molecule has 0 aromatic heterocycles. The fourth-order valence-electron chi connectivity index (χ4n) is 4.76. The Bertz CT molecular complexity index is 752. The maximum absolute atomic E-state index is 12.5. The van der Waals surface area contributed by atoms with E-state index in [1.807, 2.05) is 30.3 Å². The van der Waals surface area contributed by atoms with Crippen molar-refractivity contribution in [3.63, 3.8) is 0 Å². The summed E-state index contributed by atoms with van der Waals surface area (Å²) >= 11 is 0. The van der Waals surface area contributed by atoms with Gasteiger partial charge in [0.2, 0.25) is 10.0 Å². The molecular weight excluding hydrogens is 390 g/mol. The van der Waals surface area contributed by atoms with E-state index in [1.165, 1.54) is 0 Å². The van der Waals surface area contributed by atoms with Crippen LogP contribution in [0.4, 0.5) is 0 Å². The first kappa shape index (κ1) is 22.2. The van der Waals surface area contributed by atoms with Crippen LogP contribution in [0.15, 0.2) is 30.3 Å². The molecule has 29 heavy (non-hydrogen) atoms. The number of hydrogen-bond donors (Lipinski definition) is 2. The van der Waals surface area contributed by atoms with Crippen LogP contribution in [0, 0.1) is 11.8 Å². The maximum Gasteiger partial charge on any atom is 0.303 e. The number of rotatable bonds is 13. The lowest BCUT2D eigenvalue weighted by atomic mass is 9.76. The number of sulfonamides is 1. The second kappa shape index (κ2) is 10.5. The smallest absolute Gasteiger partial charge is 0.303 e. The van der Waals surface area contributed by atoms with Crippen LogP contribution in [-0.4, -0.2) is 44.0 Å². The predicted octanol–water partition coefficient (Wildman–Crippen LogP) is 3.37. The van der Waals surface area contributed by atoms with E-state index in [9.17, 15) is 13.2 Å². The van der Waals surface area contributed by atoms with Gasteiger partial charge < -0.3 is 9.84 Å². The van der Waals surface area contributed by atoms with Crippen LogP contribution < -0.4 is 4.72 Å². The van der Waals surface area contributed by atoms with Crippen molar-refractivity contribution in [1.82, 2.24) is 4.72 Å². The number of aliphatic carboxylic acids is 1. The molecule has 0 amide bonds. The standard InChI is InChI=1S/C22H33NO5S/c24-22(25)11-7-2-1-6-10-18-19(21-13-12-20(18)28-21)16-23-29(26,27)15-14-17-8-4-3-5-9-17/h3-5,8-9,18-21,23H,1-2,6-7,10-16H2,(H,24,25). The zero-order valence-electron chi connectivity index (χ0n) is 17.0. The van der Waals surface area contributed by atoms with Crippen molar-refractivity contribution in [2.24, 2.45) is 11.8 Å². The zero-order chi connectivity index (χ0) is 20.7. The monoisotopic (exact) mass is 423 g/mol. The molecule has 0 saturated carbocycles. The lowest BCUT2D eigenvalue weighted by Gasteiger charge is -2.28. The van der Waals surface area contributed by atoms with E-state index >= 15 is 0 Å². The molecule has 1 aromatic rings. The highest BCUT2D eigenvalue weighted by Crippen LogP contribution is 2.45. The fraction of sp³-hybridized carbons (Fsp3) is 0.682. The van der Waals surface area contributed by atoms with Crippen LogP contribution in [0.2, 0.25) is 0 Å². The van der Waals surface area contributed by atoms with Crippen LogP contribution in [0.3, 0.4) is 0 Å². The summed E-state index contributed by atoms with van der Waals surface area (Å²) in [6.45, 7) is 0.460. The van der Waals surface area contributed by atoms with Gasteiger partial charge in [0.1, 0.15) is 0 Å². The van der Waals surface area contributed by atoms with E-state index < -0.39 is 16.0 Å². The minimum atomic E-state index is -3.31. The van der Waals surface area contributed by atoms with Gasteiger partial charge in [0.05, 0.1) is 18.0 Å². The lowest BCUT2D eigenvalue weighted by Crippen LogP contribution is -2.39. The Kier molecular flexibility index (Phi) is 8.09. The zero-order valence-corrected chi connectivity index (χ0v) is 17.8. The normalized spacial score (nSPS) is 26.1. The number of benzene rings is 1. The second-order valence-corrected chi connectivity index (χ2v) is 10.3. The molecule has 0 radical (unpaired) electrons. The molecule has 2 heterocycles. The minimum absolute atomic E-state index is 0.104. The molecule has 2 saturated heterocycles. The van der Waals surface area contributed by atoms with Crippen LogP contribution in [0.25, 0.3) is 0 Å². The molecule has 1 aromatic carbocycles. The topological polar surface area (TPSA) is 92.7 Å². The molecule has 2 aliphatic heterocycles. The lowest BCUT2D eigenvalue weighted by molar-refractivity contribution is -0.137. The average Bonchev–Trinajstić information content (AvgIpc) is 3.30. The van der Waals surface area contributed by atoms with E-state index in [-0.39, 0.29) is 30.3 Å². The Morgan fingerprint density at radius 3 is 2.45 bits per heavy atom. The van der Waals surface area contributed by atoms with Crippen molar-refractivity contribution in [3.8, 4) is 0 Å². The highest BCUT2D eigenvalue weighted by Gasteiger charge is 2.48. The molecule has 6 nitrogen and oxygen atoms in total. The first-order valence-electron chi connectivity index (χ1n) is 10.8. The number of carboxylic acid groups (broad SMARTS) is 1.